The molecule has 0 amide bonds. The summed E-state index contributed by atoms with van der Waals surface area (Å²) in [7, 11) is 0. The number of rotatable bonds is 4. The molecular weight excluding hydrogens is 328 g/mol. The second-order valence-electron chi connectivity index (χ2n) is 7.10. The molecule has 1 aromatic carbocycles. The Balaban J connectivity index is 1.46. The normalized spacial score (nSPS) is 19.7. The van der Waals surface area contributed by atoms with Crippen LogP contribution >= 0.6 is 0 Å². The van der Waals surface area contributed by atoms with Crippen LogP contribution < -0.4 is 19.7 Å². The smallest absolute Gasteiger partial charge is 0.166 e. The van der Waals surface area contributed by atoms with Gasteiger partial charge in [-0.25, -0.2) is 9.97 Å². The average Bonchev–Trinajstić information content (AvgIpc) is 2.92. The molecule has 1 saturated heterocycles. The van der Waals surface area contributed by atoms with Gasteiger partial charge in [-0.1, -0.05) is 19.1 Å². The van der Waals surface area contributed by atoms with Crippen molar-refractivity contribution in [3.05, 3.63) is 36.2 Å². The molecule has 1 aromatic heterocycles. The van der Waals surface area contributed by atoms with Crippen molar-refractivity contribution in [3.63, 3.8) is 0 Å². The van der Waals surface area contributed by atoms with Gasteiger partial charge in [0, 0.05) is 37.7 Å². The standard InChI is InChI=1S/C20H26N4O2/c1-15-5-3-8-24(13-15)19-11-18(22-14-23-19)21-12-16-6-2-7-17-20(16)26-10-4-9-25-17/h2,6-7,11,14-15H,3-5,8-10,12-13H2,1H3,(H,21,22,23). The topological polar surface area (TPSA) is 59.5 Å². The van der Waals surface area contributed by atoms with E-state index >= 15 is 0 Å². The van der Waals surface area contributed by atoms with Gasteiger partial charge in [0.15, 0.2) is 11.5 Å². The first kappa shape index (κ1) is 16.9. The van der Waals surface area contributed by atoms with Crippen molar-refractivity contribution >= 4 is 11.6 Å². The molecule has 1 N–H and O–H groups in total. The van der Waals surface area contributed by atoms with E-state index in [-0.39, 0.29) is 0 Å². The minimum Gasteiger partial charge on any atom is -0.490 e. The van der Waals surface area contributed by atoms with Crippen LogP contribution in [0.5, 0.6) is 11.5 Å². The van der Waals surface area contributed by atoms with Crippen LogP contribution in [0.2, 0.25) is 0 Å². The Labute approximate surface area is 154 Å². The highest BCUT2D eigenvalue weighted by Gasteiger charge is 2.18. The Hall–Kier alpha value is -2.50. The Morgan fingerprint density at radius 1 is 1.19 bits per heavy atom. The van der Waals surface area contributed by atoms with Crippen molar-refractivity contribution < 1.29 is 9.47 Å². The first-order valence-electron chi connectivity index (χ1n) is 9.48. The fourth-order valence-electron chi connectivity index (χ4n) is 3.59. The molecule has 3 heterocycles. The molecule has 0 aliphatic carbocycles. The third-order valence-corrected chi connectivity index (χ3v) is 4.95. The van der Waals surface area contributed by atoms with E-state index in [1.165, 1.54) is 12.8 Å². The molecule has 0 spiro atoms. The number of anilines is 2. The molecule has 6 nitrogen and oxygen atoms in total. The predicted molar refractivity (Wildman–Crippen MR) is 102 cm³/mol. The molecule has 2 aliphatic heterocycles. The summed E-state index contributed by atoms with van der Waals surface area (Å²) < 4.78 is 11.7. The maximum absolute atomic E-state index is 5.89. The van der Waals surface area contributed by atoms with Crippen LogP contribution in [0, 0.1) is 5.92 Å². The second kappa shape index (κ2) is 7.81. The summed E-state index contributed by atoms with van der Waals surface area (Å²) in [4.78, 5) is 11.2. The molecule has 2 aliphatic rings. The van der Waals surface area contributed by atoms with Gasteiger partial charge in [-0.05, 0) is 24.8 Å². The molecule has 1 atom stereocenters. The molecule has 0 bridgehead atoms. The van der Waals surface area contributed by atoms with Gasteiger partial charge >= 0.3 is 0 Å². The van der Waals surface area contributed by atoms with E-state index in [0.29, 0.717) is 25.7 Å². The van der Waals surface area contributed by atoms with Crippen LogP contribution in [0.4, 0.5) is 11.6 Å². The molecule has 138 valence electrons. The summed E-state index contributed by atoms with van der Waals surface area (Å²) >= 11 is 0. The van der Waals surface area contributed by atoms with Crippen molar-refractivity contribution in [2.45, 2.75) is 32.7 Å². The number of nitrogens with one attached hydrogen (secondary N) is 1. The summed E-state index contributed by atoms with van der Waals surface area (Å²) in [5.41, 5.74) is 1.08. The summed E-state index contributed by atoms with van der Waals surface area (Å²) in [5, 5.41) is 3.41. The van der Waals surface area contributed by atoms with Gasteiger partial charge in [0.25, 0.3) is 0 Å². The number of para-hydroxylation sites is 1. The lowest BCUT2D eigenvalue weighted by Gasteiger charge is -2.31. The van der Waals surface area contributed by atoms with Crippen molar-refractivity contribution in [2.75, 3.05) is 36.5 Å². The highest BCUT2D eigenvalue weighted by molar-refractivity contribution is 5.51. The molecule has 1 fully saturated rings. The first-order valence-corrected chi connectivity index (χ1v) is 9.48. The lowest BCUT2D eigenvalue weighted by atomic mass is 10.0. The van der Waals surface area contributed by atoms with Crippen molar-refractivity contribution in [2.24, 2.45) is 5.92 Å². The fourth-order valence-corrected chi connectivity index (χ4v) is 3.59. The number of piperidine rings is 1. The van der Waals surface area contributed by atoms with Crippen LogP contribution in [0.3, 0.4) is 0 Å². The Kier molecular flexibility index (Phi) is 5.09. The SMILES string of the molecule is CC1CCCN(c2cc(NCc3cccc4c3OCCCO4)ncn2)C1. The largest absolute Gasteiger partial charge is 0.490 e. The van der Waals surface area contributed by atoms with Crippen LogP contribution in [-0.2, 0) is 6.54 Å². The van der Waals surface area contributed by atoms with E-state index in [9.17, 15) is 0 Å². The van der Waals surface area contributed by atoms with E-state index in [2.05, 4.69) is 33.2 Å². The molecule has 26 heavy (non-hydrogen) atoms. The number of benzene rings is 1. The molecule has 1 unspecified atom stereocenters. The minimum absolute atomic E-state index is 0.638. The molecule has 4 rings (SSSR count). The fraction of sp³-hybridized carbons (Fsp3) is 0.500. The predicted octanol–water partition coefficient (Wildman–Crippen LogP) is 3.49. The van der Waals surface area contributed by atoms with Crippen molar-refractivity contribution in [3.8, 4) is 11.5 Å². The van der Waals surface area contributed by atoms with Gasteiger partial charge in [0.2, 0.25) is 0 Å². The number of aromatic nitrogens is 2. The molecule has 2 aromatic rings. The lowest BCUT2D eigenvalue weighted by Crippen LogP contribution is -2.34. The molecule has 6 heteroatoms. The number of hydrogen-bond donors (Lipinski definition) is 1. The third-order valence-electron chi connectivity index (χ3n) is 4.95. The zero-order chi connectivity index (χ0) is 17.8. The van der Waals surface area contributed by atoms with Crippen LogP contribution in [0.25, 0.3) is 0 Å². The maximum Gasteiger partial charge on any atom is 0.166 e. The molecule has 0 radical (unpaired) electrons. The van der Waals surface area contributed by atoms with Gasteiger partial charge in [-0.2, -0.15) is 0 Å². The van der Waals surface area contributed by atoms with E-state index < -0.39 is 0 Å². The van der Waals surface area contributed by atoms with Crippen LogP contribution in [0.15, 0.2) is 30.6 Å². The Morgan fingerprint density at radius 2 is 2.12 bits per heavy atom. The average molecular weight is 354 g/mol. The Bertz CT molecular complexity index is 752. The third kappa shape index (κ3) is 3.84. The van der Waals surface area contributed by atoms with Gasteiger partial charge in [-0.3, -0.25) is 0 Å². The van der Waals surface area contributed by atoms with E-state index in [1.807, 2.05) is 18.2 Å². The van der Waals surface area contributed by atoms with Gasteiger partial charge < -0.3 is 19.7 Å². The Morgan fingerprint density at radius 3 is 3.04 bits per heavy atom. The van der Waals surface area contributed by atoms with Gasteiger partial charge in [0.05, 0.1) is 13.2 Å². The number of nitrogens with zero attached hydrogens (tertiary/aromatic N) is 3. The summed E-state index contributed by atoms with van der Waals surface area (Å²) in [6, 6.07) is 8.07. The number of fused-ring (bicyclic) bond motifs is 1. The first-order chi connectivity index (χ1) is 12.8. The molecular formula is C20H26N4O2. The van der Waals surface area contributed by atoms with Crippen LogP contribution in [0.1, 0.15) is 31.7 Å². The van der Waals surface area contributed by atoms with E-state index in [0.717, 1.165) is 48.2 Å². The quantitative estimate of drug-likeness (QED) is 0.907. The van der Waals surface area contributed by atoms with Crippen molar-refractivity contribution in [1.29, 1.82) is 0 Å². The lowest BCUT2D eigenvalue weighted by molar-refractivity contribution is 0.296. The van der Waals surface area contributed by atoms with Gasteiger partial charge in [0.1, 0.15) is 18.0 Å². The molecule has 0 saturated carbocycles. The summed E-state index contributed by atoms with van der Waals surface area (Å²) in [6.07, 6.45) is 5.07. The van der Waals surface area contributed by atoms with E-state index in [4.69, 9.17) is 9.47 Å². The highest BCUT2D eigenvalue weighted by Crippen LogP contribution is 2.33. The zero-order valence-corrected chi connectivity index (χ0v) is 15.3. The maximum atomic E-state index is 5.89. The summed E-state index contributed by atoms with van der Waals surface area (Å²) in [6.45, 7) is 6.46. The summed E-state index contributed by atoms with van der Waals surface area (Å²) in [5.74, 6) is 4.22. The second-order valence-corrected chi connectivity index (χ2v) is 7.10. The number of hydrogen-bond acceptors (Lipinski definition) is 6. The van der Waals surface area contributed by atoms with Crippen LogP contribution in [-0.4, -0.2) is 36.3 Å². The van der Waals surface area contributed by atoms with Crippen molar-refractivity contribution in [1.82, 2.24) is 9.97 Å². The van der Waals surface area contributed by atoms with Gasteiger partial charge in [-0.15, -0.1) is 0 Å². The van der Waals surface area contributed by atoms with E-state index in [1.54, 1.807) is 6.33 Å². The monoisotopic (exact) mass is 354 g/mol. The minimum atomic E-state index is 0.638. The zero-order valence-electron chi connectivity index (χ0n) is 15.3. The number of ether oxygens (including phenoxy) is 2. The highest BCUT2D eigenvalue weighted by atomic mass is 16.5.